The fraction of sp³-hybridized carbons (Fsp3) is 0.507. The Morgan fingerprint density at radius 3 is 1.93 bits per heavy atom. The third kappa shape index (κ3) is 17.4. The van der Waals surface area contributed by atoms with Gasteiger partial charge in [-0.1, -0.05) is 43.7 Å². The minimum Gasteiger partial charge on any atom is -0.508 e. The molecule has 0 aromatic heterocycles. The number of carboxylic acids is 1. The van der Waals surface area contributed by atoms with E-state index in [4.69, 9.17) is 66.7 Å². The van der Waals surface area contributed by atoms with Crippen LogP contribution in [0.4, 0.5) is 0 Å². The predicted octanol–water partition coefficient (Wildman–Crippen LogP) is -0.792. The number of primary amides is 1. The van der Waals surface area contributed by atoms with E-state index in [1.165, 1.54) is 59.0 Å². The van der Waals surface area contributed by atoms with Crippen molar-refractivity contribution < 1.29 is 127 Å². The predicted molar refractivity (Wildman–Crippen MR) is 381 cm³/mol. The van der Waals surface area contributed by atoms with Gasteiger partial charge in [-0.3, -0.25) is 33.6 Å². The highest BCUT2D eigenvalue weighted by molar-refractivity contribution is 6.32. The highest BCUT2D eigenvalue weighted by Gasteiger charge is 2.53. The summed E-state index contributed by atoms with van der Waals surface area (Å²) < 4.78 is 51.9. The van der Waals surface area contributed by atoms with Gasteiger partial charge in [0, 0.05) is 53.1 Å². The number of allylic oxidation sites excluding steroid dienone is 3. The van der Waals surface area contributed by atoms with E-state index in [-0.39, 0.29) is 71.3 Å². The molecule has 7 amide bonds. The highest BCUT2D eigenvalue weighted by Crippen LogP contribution is 2.49. The van der Waals surface area contributed by atoms with Crippen molar-refractivity contribution in [3.05, 3.63) is 111 Å². The molecule has 110 heavy (non-hydrogen) atoms. The van der Waals surface area contributed by atoms with Crippen molar-refractivity contribution in [3.8, 4) is 51.4 Å². The van der Waals surface area contributed by atoms with Gasteiger partial charge in [0.25, 0.3) is 0 Å². The number of aliphatic carboxylic acids is 1. The molecule has 22 atom stereocenters. The number of hydrogen-bond donors (Lipinski definition) is 20. The van der Waals surface area contributed by atoms with Gasteiger partial charge in [-0.2, -0.15) is 0 Å². The number of nitrogens with one attached hydrogen (secondary N) is 7. The Balaban J connectivity index is 1.18. The summed E-state index contributed by atoms with van der Waals surface area (Å²) in [6.07, 6.45) is -19.8. The summed E-state index contributed by atoms with van der Waals surface area (Å²) in [5, 5.41) is 132. The zero-order valence-corrected chi connectivity index (χ0v) is 61.4. The average molecular weight is 1560 g/mol. The fourth-order valence-corrected chi connectivity index (χ4v) is 14.7. The Labute approximate surface area is 633 Å². The molecule has 11 bridgehead atoms. The number of aliphatic hydroxyl groups is 6. The first-order valence-electron chi connectivity index (χ1n) is 35.5. The van der Waals surface area contributed by atoms with Crippen LogP contribution in [0, 0.1) is 5.92 Å². The second-order valence-corrected chi connectivity index (χ2v) is 29.8. The Hall–Kier alpha value is -9.35. The number of carbonyl (C=O) groups is 8. The molecular formula is C73H91ClN10O26. The van der Waals surface area contributed by atoms with Crippen molar-refractivity contribution >= 4 is 58.9 Å². The molecule has 0 radical (unpaired) electrons. The second kappa shape index (κ2) is 32.9. The van der Waals surface area contributed by atoms with E-state index >= 15 is 19.2 Å². The molecule has 3 fully saturated rings. The molecule has 36 nitrogen and oxygen atoms in total. The number of rotatable bonds is 15. The average Bonchev–Trinajstić information content (AvgIpc) is 0.765. The van der Waals surface area contributed by atoms with Crippen molar-refractivity contribution in [2.75, 3.05) is 13.7 Å². The third-order valence-corrected chi connectivity index (χ3v) is 20.7. The van der Waals surface area contributed by atoms with E-state index in [9.17, 15) is 70.2 Å². The summed E-state index contributed by atoms with van der Waals surface area (Å²) in [6.45, 7) is 8.71. The van der Waals surface area contributed by atoms with E-state index in [1.54, 1.807) is 0 Å². The number of halogens is 1. The smallest absolute Gasteiger partial charge is 0.330 e. The van der Waals surface area contributed by atoms with E-state index in [0.29, 0.717) is 0 Å². The van der Waals surface area contributed by atoms with E-state index in [0.717, 1.165) is 48.5 Å². The van der Waals surface area contributed by atoms with Crippen LogP contribution in [-0.2, 0) is 62.0 Å². The Morgan fingerprint density at radius 2 is 1.33 bits per heavy atom. The van der Waals surface area contributed by atoms with Crippen molar-refractivity contribution in [2.45, 2.75) is 213 Å². The van der Waals surface area contributed by atoms with Gasteiger partial charge in [-0.25, -0.2) is 4.79 Å². The maximum Gasteiger partial charge on any atom is 0.330 e. The number of phenolic OH excluding ortho intramolecular Hbond substituents is 3. The Bertz CT molecular complexity index is 4300. The normalized spacial score (nSPS) is 33.0. The van der Waals surface area contributed by atoms with Gasteiger partial charge in [0.05, 0.1) is 48.5 Å². The summed E-state index contributed by atoms with van der Waals surface area (Å²) in [5.74, 6) is -15.0. The molecule has 4 aromatic carbocycles. The standard InChI is InChI=1S/C73H91ClN10O26/c1-27(2)16-39(78-7)64(95)83-54-56(90)32-11-15-43(38(74)18-32)106-45-20-33-19-44(60(45)110-71-61(58(92)57(91)46(26-85)107-71)109-49-25-73(6,77)63(94)29(4)104-49)105-35-12-8-30(9-13-35)59(108-48-24-72(5,76)62(93)28(3)103-48)55-69(100)82-53(70(101)102)37-21-34(86)22-42(88)50(37)36-17-31(10-14-41(36)87)51(66(97)84-55)81-67(98)52(33)80-65(96)40(23-47(75)89)79-68(54)99/h8,10-12,14-15,17-22,27-29,39-40,46,48-49,51-59,61-63,71,78,85-88,90-94H,9,13,16,23-26,76-77H2,1-7H3,(H2,75,89)(H,79,99)(H,80,96)(H,81,98)(H,82,100)(H,83,95)(H,84,97)(H,101,102)/t28-,29-,39+,40-,46+,48-,49-,51-,52+,53?,54+,55-,56+,57+,58-,59+,61+,62-,63-,71-,72-,73-/m0/s1. The van der Waals surface area contributed by atoms with Gasteiger partial charge in [0.15, 0.2) is 36.2 Å². The largest absolute Gasteiger partial charge is 0.508 e. The van der Waals surface area contributed by atoms with Crippen molar-refractivity contribution in [3.63, 3.8) is 0 Å². The molecule has 8 aliphatic heterocycles. The minimum absolute atomic E-state index is 0.0311. The van der Waals surface area contributed by atoms with E-state index < -0.39 is 250 Å². The zero-order valence-electron chi connectivity index (χ0n) is 60.6. The van der Waals surface area contributed by atoms with Gasteiger partial charge < -0.3 is 143 Å². The summed E-state index contributed by atoms with van der Waals surface area (Å²) in [4.78, 5) is 120. The third-order valence-electron chi connectivity index (χ3n) is 20.4. The summed E-state index contributed by atoms with van der Waals surface area (Å²) in [6, 6.07) is -3.42. The number of amides is 7. The van der Waals surface area contributed by atoms with E-state index in [2.05, 4.69) is 37.2 Å². The van der Waals surface area contributed by atoms with Gasteiger partial charge in [0.2, 0.25) is 53.4 Å². The number of phenols is 3. The molecule has 1 aliphatic carbocycles. The minimum atomic E-state index is -2.33. The van der Waals surface area contributed by atoms with Crippen molar-refractivity contribution in [1.29, 1.82) is 0 Å². The first kappa shape index (κ1) is 81.6. The highest BCUT2D eigenvalue weighted by atomic mass is 35.5. The van der Waals surface area contributed by atoms with Gasteiger partial charge in [0.1, 0.15) is 89.5 Å². The van der Waals surface area contributed by atoms with Crippen LogP contribution < -0.4 is 68.6 Å². The molecular weight excluding hydrogens is 1470 g/mol. The topological polar surface area (TPSA) is 575 Å². The van der Waals surface area contributed by atoms with Crippen LogP contribution in [0.1, 0.15) is 127 Å². The molecule has 1 unspecified atom stereocenters. The number of carbonyl (C=O) groups excluding carboxylic acids is 7. The second-order valence-electron chi connectivity index (χ2n) is 29.4. The van der Waals surface area contributed by atoms with Crippen LogP contribution >= 0.6 is 11.6 Å². The number of carboxylic acid groups (broad SMARTS) is 1. The lowest BCUT2D eigenvalue weighted by Gasteiger charge is -2.47. The van der Waals surface area contributed by atoms with Crippen LogP contribution in [0.5, 0.6) is 40.2 Å². The quantitative estimate of drug-likeness (QED) is 0.0693. The molecule has 23 N–H and O–H groups in total. The monoisotopic (exact) mass is 1560 g/mol. The fourth-order valence-electron chi connectivity index (χ4n) is 14.5. The number of fused-ring (bicyclic) bond motifs is 15. The molecule has 37 heteroatoms. The number of ether oxygens (including phenoxy) is 8. The summed E-state index contributed by atoms with van der Waals surface area (Å²) in [7, 11) is 1.48. The molecule has 0 saturated carbocycles. The van der Waals surface area contributed by atoms with Crippen LogP contribution in [0.15, 0.2) is 84.1 Å². The maximum absolute atomic E-state index is 16.4. The molecule has 8 heterocycles. The van der Waals surface area contributed by atoms with Crippen molar-refractivity contribution in [2.24, 2.45) is 23.1 Å². The lowest BCUT2D eigenvalue weighted by molar-refractivity contribution is -0.333. The lowest BCUT2D eigenvalue weighted by atomic mass is 9.86. The number of hydrogen-bond acceptors (Lipinski definition) is 28. The molecule has 9 aliphatic rings. The van der Waals surface area contributed by atoms with Crippen molar-refractivity contribution in [1.82, 2.24) is 37.2 Å². The number of benzene rings is 4. The molecule has 3 saturated heterocycles. The first-order chi connectivity index (χ1) is 51.8. The molecule has 596 valence electrons. The first-order valence-corrected chi connectivity index (χ1v) is 35.9. The summed E-state index contributed by atoms with van der Waals surface area (Å²) >= 11 is 7.14. The number of aromatic hydroxyl groups is 3. The van der Waals surface area contributed by atoms with Gasteiger partial charge >= 0.3 is 5.97 Å². The molecule has 13 rings (SSSR count). The van der Waals surface area contributed by atoms with E-state index in [1.807, 2.05) is 13.8 Å². The van der Waals surface area contributed by atoms with Crippen LogP contribution in [-0.4, -0.2) is 221 Å². The van der Waals surface area contributed by atoms with Gasteiger partial charge in [-0.15, -0.1) is 0 Å². The Kier molecular flexibility index (Phi) is 24.4. The van der Waals surface area contributed by atoms with Crippen LogP contribution in [0.3, 0.4) is 0 Å². The molecule has 0 spiro atoms. The number of likely N-dealkylation sites (N-methyl/N-ethyl adjacent to an activating group) is 1. The molecule has 4 aromatic rings. The maximum atomic E-state index is 16.4. The number of nitrogens with two attached hydrogens (primary N) is 3. The van der Waals surface area contributed by atoms with Crippen LogP contribution in [0.2, 0.25) is 5.02 Å². The lowest BCUT2D eigenvalue weighted by Crippen LogP contribution is -2.64. The number of aliphatic hydroxyl groups excluding tert-OH is 6. The van der Waals surface area contributed by atoms with Gasteiger partial charge in [-0.05, 0) is 124 Å². The Morgan fingerprint density at radius 1 is 0.700 bits per heavy atom. The zero-order chi connectivity index (χ0) is 80.0. The summed E-state index contributed by atoms with van der Waals surface area (Å²) in [5.41, 5.74) is 13.9. The van der Waals surface area contributed by atoms with Crippen LogP contribution in [0.25, 0.3) is 11.1 Å². The SMILES string of the molecule is CN[C@H](CC(C)C)C(=O)N[C@H]1C(=O)N[C@@H](CC(N)=O)C(=O)N[C@H]2C(=O)N[C@@H]3C(=O)N[C@H](C(=O)NC(C(=O)O)c4cc(O)cc(O)c4-c4cc3ccc4O)[C@H](O[C@H]3C[C@](C)(N)[C@@H](O)[C@H](C)O3)C3=CC=C(CC3)Oc3cc2cc(c3O[C@@H]2O[C@H](CO)[C@@H](O)[C@H](O)[C@H]2O[C@H]2C[C@](C)(N)[C@@H](O)[C@H](C)O2)Oc2ccc(cc2Cl)[C@H]1O.